The van der Waals surface area contributed by atoms with Crippen LogP contribution in [0.2, 0.25) is 0 Å². The molecule has 0 radical (unpaired) electrons. The van der Waals surface area contributed by atoms with Gasteiger partial charge in [-0.2, -0.15) is 0 Å². The Kier molecular flexibility index (Phi) is 14.9. The van der Waals surface area contributed by atoms with Crippen LogP contribution in [0.15, 0.2) is 53.6 Å². The first-order valence-electron chi connectivity index (χ1n) is 16.5. The molecule has 1 heterocycles. The van der Waals surface area contributed by atoms with Crippen molar-refractivity contribution in [3.8, 4) is 5.75 Å². The summed E-state index contributed by atoms with van der Waals surface area (Å²) in [4.78, 5) is 16.9. The van der Waals surface area contributed by atoms with Crippen LogP contribution >= 0.6 is 11.8 Å². The number of allylic oxidation sites excluding steroid dienone is 1. The Balaban J connectivity index is 1.50. The van der Waals surface area contributed by atoms with E-state index in [9.17, 15) is 4.79 Å². The summed E-state index contributed by atoms with van der Waals surface area (Å²) >= 11 is 1.85. The number of carbonyl (C=O) groups is 1. The van der Waals surface area contributed by atoms with Crippen molar-refractivity contribution in [2.45, 2.75) is 130 Å². The fourth-order valence-corrected chi connectivity index (χ4v) is 6.34. The number of ether oxygens (including phenoxy) is 1. The third-order valence-corrected chi connectivity index (χ3v) is 9.01. The summed E-state index contributed by atoms with van der Waals surface area (Å²) < 4.78 is 6.46. The molecule has 0 aliphatic carbocycles. The Labute approximate surface area is 261 Å². The number of amides is 1. The first-order valence-corrected chi connectivity index (χ1v) is 17.4. The molecule has 5 heteroatoms. The maximum Gasteiger partial charge on any atom is 0.228 e. The molecule has 1 aliphatic heterocycles. The summed E-state index contributed by atoms with van der Waals surface area (Å²) in [7, 11) is 0. The smallest absolute Gasteiger partial charge is 0.228 e. The molecule has 0 spiro atoms. The standard InChI is InChI=1S/C37H56N2O2S/c1-6-7-8-9-10-11-12-13-14-15-16-19-25-41-36-31(22-20-23-33(36)37(3,4)5)26-35(40)38-34-24-18-17-21-32(34)28-39-27-30(2)42-29-39/h17-18,20-24,27H,6-16,19,25-26,28-29H2,1-5H3,(H,38,40). The molecule has 2 aromatic carbocycles. The van der Waals surface area contributed by atoms with Gasteiger partial charge in [0.1, 0.15) is 5.75 Å². The van der Waals surface area contributed by atoms with Gasteiger partial charge in [-0.15, -0.1) is 11.8 Å². The number of hydrogen-bond acceptors (Lipinski definition) is 4. The molecule has 0 atom stereocenters. The molecule has 4 nitrogen and oxygen atoms in total. The molecule has 0 fully saturated rings. The number of anilines is 1. The van der Waals surface area contributed by atoms with Crippen LogP contribution in [0.5, 0.6) is 5.75 Å². The van der Waals surface area contributed by atoms with Crippen molar-refractivity contribution in [3.05, 3.63) is 70.3 Å². The Bertz CT molecular complexity index is 1120. The zero-order chi connectivity index (χ0) is 30.2. The maximum atomic E-state index is 13.3. The fraction of sp³-hybridized carbons (Fsp3) is 0.595. The first-order chi connectivity index (χ1) is 20.3. The highest BCUT2D eigenvalue weighted by molar-refractivity contribution is 8.03. The van der Waals surface area contributed by atoms with Gasteiger partial charge in [0.05, 0.1) is 18.9 Å². The van der Waals surface area contributed by atoms with Gasteiger partial charge in [-0.1, -0.05) is 135 Å². The maximum absolute atomic E-state index is 13.3. The first kappa shape index (κ1) is 34.1. The molecule has 1 aliphatic rings. The van der Waals surface area contributed by atoms with Crippen molar-refractivity contribution in [2.75, 3.05) is 17.8 Å². The Morgan fingerprint density at radius 2 is 1.48 bits per heavy atom. The van der Waals surface area contributed by atoms with Crippen LogP contribution in [-0.2, 0) is 23.2 Å². The lowest BCUT2D eigenvalue weighted by Gasteiger charge is -2.25. The van der Waals surface area contributed by atoms with Crippen LogP contribution in [0.3, 0.4) is 0 Å². The van der Waals surface area contributed by atoms with Gasteiger partial charge < -0.3 is 15.0 Å². The molecule has 0 saturated heterocycles. The van der Waals surface area contributed by atoms with Gasteiger partial charge in [-0.25, -0.2) is 0 Å². The van der Waals surface area contributed by atoms with E-state index >= 15 is 0 Å². The van der Waals surface area contributed by atoms with E-state index in [1.807, 2.05) is 36.0 Å². The normalized spacial score (nSPS) is 13.4. The summed E-state index contributed by atoms with van der Waals surface area (Å²) in [5.41, 5.74) is 4.08. The van der Waals surface area contributed by atoms with Crippen molar-refractivity contribution in [3.63, 3.8) is 0 Å². The molecule has 1 N–H and O–H groups in total. The molecule has 3 rings (SSSR count). The lowest BCUT2D eigenvalue weighted by atomic mass is 9.84. The van der Waals surface area contributed by atoms with Crippen molar-refractivity contribution in [1.82, 2.24) is 4.90 Å². The number of rotatable bonds is 19. The highest BCUT2D eigenvalue weighted by Crippen LogP contribution is 2.35. The molecule has 232 valence electrons. The van der Waals surface area contributed by atoms with Gasteiger partial charge in [0, 0.05) is 24.0 Å². The minimum atomic E-state index is -0.0651. The predicted molar refractivity (Wildman–Crippen MR) is 182 cm³/mol. The van der Waals surface area contributed by atoms with E-state index < -0.39 is 0 Å². The van der Waals surface area contributed by atoms with Gasteiger partial charge in [0.2, 0.25) is 5.91 Å². The van der Waals surface area contributed by atoms with E-state index in [1.54, 1.807) is 0 Å². The monoisotopic (exact) mass is 592 g/mol. The van der Waals surface area contributed by atoms with Crippen LogP contribution in [0.1, 0.15) is 128 Å². The second-order valence-electron chi connectivity index (χ2n) is 12.9. The van der Waals surface area contributed by atoms with Crippen LogP contribution in [0, 0.1) is 0 Å². The van der Waals surface area contributed by atoms with Crippen molar-refractivity contribution >= 4 is 23.4 Å². The number of nitrogens with zero attached hydrogens (tertiary/aromatic N) is 1. The minimum Gasteiger partial charge on any atom is -0.493 e. The number of nitrogens with one attached hydrogen (secondary N) is 1. The molecule has 42 heavy (non-hydrogen) atoms. The van der Waals surface area contributed by atoms with Gasteiger partial charge in [-0.3, -0.25) is 4.79 Å². The summed E-state index contributed by atoms with van der Waals surface area (Å²) in [6.07, 6.45) is 18.4. The van der Waals surface area contributed by atoms with E-state index in [2.05, 4.69) is 69.2 Å². The lowest BCUT2D eigenvalue weighted by Crippen LogP contribution is -2.20. The summed E-state index contributed by atoms with van der Waals surface area (Å²) in [6.45, 7) is 12.5. The number of para-hydroxylation sites is 2. The minimum absolute atomic E-state index is 0.00811. The van der Waals surface area contributed by atoms with E-state index in [0.717, 1.165) is 41.4 Å². The summed E-state index contributed by atoms with van der Waals surface area (Å²) in [6, 6.07) is 14.4. The van der Waals surface area contributed by atoms with Gasteiger partial charge in [-0.05, 0) is 40.9 Å². The molecular formula is C37H56N2O2S. The molecule has 2 aromatic rings. The molecular weight excluding hydrogens is 536 g/mol. The molecule has 0 unspecified atom stereocenters. The van der Waals surface area contributed by atoms with Crippen LogP contribution < -0.4 is 10.1 Å². The third-order valence-electron chi connectivity index (χ3n) is 7.99. The highest BCUT2D eigenvalue weighted by atomic mass is 32.2. The average Bonchev–Trinajstić information content (AvgIpc) is 3.36. The number of hydrogen-bond donors (Lipinski definition) is 1. The lowest BCUT2D eigenvalue weighted by molar-refractivity contribution is -0.115. The largest absolute Gasteiger partial charge is 0.493 e. The van der Waals surface area contributed by atoms with Crippen molar-refractivity contribution in [2.24, 2.45) is 0 Å². The quantitative estimate of drug-likeness (QED) is 0.165. The van der Waals surface area contributed by atoms with Crippen molar-refractivity contribution in [1.29, 1.82) is 0 Å². The zero-order valence-corrected chi connectivity index (χ0v) is 27.9. The molecule has 0 bridgehead atoms. The Morgan fingerprint density at radius 1 is 0.857 bits per heavy atom. The Morgan fingerprint density at radius 3 is 2.10 bits per heavy atom. The highest BCUT2D eigenvalue weighted by Gasteiger charge is 2.23. The van der Waals surface area contributed by atoms with E-state index in [0.29, 0.717) is 13.0 Å². The molecule has 0 saturated carbocycles. The number of unbranched alkanes of at least 4 members (excludes halogenated alkanes) is 11. The SMILES string of the molecule is CCCCCCCCCCCCCCOc1c(CC(=O)Nc2ccccc2CN2C=C(C)SC2)cccc1C(C)(C)C. The summed E-state index contributed by atoms with van der Waals surface area (Å²) in [5.74, 6) is 1.84. The topological polar surface area (TPSA) is 41.6 Å². The average molecular weight is 593 g/mol. The van der Waals surface area contributed by atoms with E-state index in [-0.39, 0.29) is 11.3 Å². The molecule has 0 aromatic heterocycles. The van der Waals surface area contributed by atoms with Gasteiger partial charge in [0.25, 0.3) is 0 Å². The van der Waals surface area contributed by atoms with Gasteiger partial charge >= 0.3 is 0 Å². The predicted octanol–water partition coefficient (Wildman–Crippen LogP) is 10.6. The van der Waals surface area contributed by atoms with E-state index in [4.69, 9.17) is 4.74 Å². The van der Waals surface area contributed by atoms with Crippen molar-refractivity contribution < 1.29 is 9.53 Å². The van der Waals surface area contributed by atoms with E-state index in [1.165, 1.54) is 81.1 Å². The second kappa shape index (κ2) is 18.3. The fourth-order valence-electron chi connectivity index (χ4n) is 5.58. The zero-order valence-electron chi connectivity index (χ0n) is 27.1. The van der Waals surface area contributed by atoms with Crippen LogP contribution in [-0.4, -0.2) is 23.3 Å². The Hall–Kier alpha value is -2.40. The van der Waals surface area contributed by atoms with Crippen LogP contribution in [0.4, 0.5) is 5.69 Å². The van der Waals surface area contributed by atoms with Gasteiger partial charge in [0.15, 0.2) is 0 Å². The summed E-state index contributed by atoms with van der Waals surface area (Å²) in [5, 5.41) is 3.20. The number of carbonyl (C=O) groups excluding carboxylic acids is 1. The second-order valence-corrected chi connectivity index (χ2v) is 14.1. The number of benzene rings is 2. The number of thioether (sulfide) groups is 1. The van der Waals surface area contributed by atoms with Crippen LogP contribution in [0.25, 0.3) is 0 Å². The molecule has 1 amide bonds. The third kappa shape index (κ3) is 12.1.